The third kappa shape index (κ3) is 9.83. The molecule has 0 atom stereocenters. The lowest BCUT2D eigenvalue weighted by Gasteiger charge is -2.00. The summed E-state index contributed by atoms with van der Waals surface area (Å²) in [4.78, 5) is 0. The van der Waals surface area contributed by atoms with E-state index < -0.39 is 0 Å². The minimum absolute atomic E-state index is 0. The summed E-state index contributed by atoms with van der Waals surface area (Å²) in [7, 11) is 0.777. The molecule has 0 heterocycles. The Morgan fingerprint density at radius 1 is 0.237 bits per heavy atom. The number of hydrogen-bond acceptors (Lipinski definition) is 0. The summed E-state index contributed by atoms with van der Waals surface area (Å²) in [5, 5.41) is 2.79. The zero-order chi connectivity index (χ0) is 25.4. The highest BCUT2D eigenvalue weighted by Crippen LogP contribution is 2.18. The van der Waals surface area contributed by atoms with Crippen molar-refractivity contribution >= 4 is 31.6 Å². The lowest BCUT2D eigenvalue weighted by Crippen LogP contribution is -2.01. The lowest BCUT2D eigenvalue weighted by molar-refractivity contribution is 1.62. The summed E-state index contributed by atoms with van der Waals surface area (Å²) < 4.78 is 0. The molecule has 0 saturated heterocycles. The SMILES string of the molecule is Cl.c1ccc(-c2ccccc2)cc1.c1ccc(-c2ccccc2)cc1.c1ccc(Pc2ccccc2)cc1. The minimum Gasteiger partial charge on any atom is -0.147 e. The summed E-state index contributed by atoms with van der Waals surface area (Å²) in [5.74, 6) is 0. The van der Waals surface area contributed by atoms with Crippen molar-refractivity contribution in [3.63, 3.8) is 0 Å². The van der Waals surface area contributed by atoms with Gasteiger partial charge in [-0.3, -0.25) is 0 Å². The van der Waals surface area contributed by atoms with E-state index in [4.69, 9.17) is 0 Å². The second kappa shape index (κ2) is 16.7. The first-order chi connectivity index (χ1) is 18.4. The maximum absolute atomic E-state index is 2.17. The van der Waals surface area contributed by atoms with E-state index in [0.29, 0.717) is 0 Å². The van der Waals surface area contributed by atoms with Crippen LogP contribution in [0.25, 0.3) is 22.3 Å². The molecule has 6 aromatic carbocycles. The van der Waals surface area contributed by atoms with Gasteiger partial charge in [0.1, 0.15) is 0 Å². The molecule has 0 aromatic heterocycles. The average molecular weight is 531 g/mol. The molecule has 6 rings (SSSR count). The Labute approximate surface area is 235 Å². The van der Waals surface area contributed by atoms with Crippen LogP contribution in [0.3, 0.4) is 0 Å². The maximum atomic E-state index is 2.17. The number of benzene rings is 6. The molecule has 0 saturated carbocycles. The van der Waals surface area contributed by atoms with Crippen LogP contribution in [0.1, 0.15) is 0 Å². The van der Waals surface area contributed by atoms with E-state index in [2.05, 4.69) is 158 Å². The predicted molar refractivity (Wildman–Crippen MR) is 171 cm³/mol. The highest BCUT2D eigenvalue weighted by Gasteiger charge is 1.94. The van der Waals surface area contributed by atoms with Gasteiger partial charge in [-0.15, -0.1) is 12.4 Å². The van der Waals surface area contributed by atoms with Crippen LogP contribution in [0.4, 0.5) is 0 Å². The molecule has 6 aromatic rings. The van der Waals surface area contributed by atoms with Gasteiger partial charge < -0.3 is 0 Å². The van der Waals surface area contributed by atoms with Crippen LogP contribution in [-0.2, 0) is 0 Å². The standard InChI is InChI=1S/C12H11P.2C12H10.ClH/c1-3-7-11(8-4-1)13-12-9-5-2-6-10-12;2*1-3-7-11(8-4-1)12-9-5-2-6-10-12;/h1-10,13H;2*1-10H;1H. The second-order valence-corrected chi connectivity index (χ2v) is 9.73. The highest BCUT2D eigenvalue weighted by molar-refractivity contribution is 7.55. The molecule has 0 aliphatic rings. The molecule has 188 valence electrons. The zero-order valence-corrected chi connectivity index (χ0v) is 23.0. The van der Waals surface area contributed by atoms with Crippen molar-refractivity contribution in [2.24, 2.45) is 0 Å². The molecule has 2 heteroatoms. The normalized spacial score (nSPS) is 9.47. The van der Waals surface area contributed by atoms with Gasteiger partial charge in [-0.25, -0.2) is 0 Å². The third-order valence-corrected chi connectivity index (χ3v) is 6.84. The Hall–Kier alpha value is -3.96. The van der Waals surface area contributed by atoms with E-state index in [1.165, 1.54) is 32.9 Å². The predicted octanol–water partition coefficient (Wildman–Crippen LogP) is 9.44. The van der Waals surface area contributed by atoms with Gasteiger partial charge in [-0.05, 0) is 32.9 Å². The first kappa shape index (κ1) is 28.6. The van der Waals surface area contributed by atoms with Crippen LogP contribution in [0.15, 0.2) is 182 Å². The maximum Gasteiger partial charge on any atom is -0.0184 e. The van der Waals surface area contributed by atoms with Crippen LogP contribution in [0, 0.1) is 0 Å². The molecular weight excluding hydrogens is 499 g/mol. The lowest BCUT2D eigenvalue weighted by atomic mass is 10.1. The zero-order valence-electron chi connectivity index (χ0n) is 21.2. The van der Waals surface area contributed by atoms with Gasteiger partial charge in [0, 0.05) is 0 Å². The molecule has 0 unspecified atom stereocenters. The van der Waals surface area contributed by atoms with Crippen molar-refractivity contribution < 1.29 is 0 Å². The number of halogens is 1. The molecule has 0 aliphatic heterocycles. The highest BCUT2D eigenvalue weighted by atomic mass is 35.5. The van der Waals surface area contributed by atoms with Gasteiger partial charge in [-0.1, -0.05) is 191 Å². The molecular formula is C36H32ClP. The van der Waals surface area contributed by atoms with E-state index >= 15 is 0 Å². The van der Waals surface area contributed by atoms with Crippen LogP contribution in [0.2, 0.25) is 0 Å². The summed E-state index contributed by atoms with van der Waals surface area (Å²) >= 11 is 0. The Morgan fingerprint density at radius 2 is 0.421 bits per heavy atom. The molecule has 0 fully saturated rings. The molecule has 0 N–H and O–H groups in total. The van der Waals surface area contributed by atoms with E-state index in [1.807, 2.05) is 24.3 Å². The van der Waals surface area contributed by atoms with Gasteiger partial charge in [0.2, 0.25) is 0 Å². The topological polar surface area (TPSA) is 0 Å². The van der Waals surface area contributed by atoms with Crippen LogP contribution < -0.4 is 10.6 Å². The van der Waals surface area contributed by atoms with Gasteiger partial charge in [0.25, 0.3) is 0 Å². The monoisotopic (exact) mass is 530 g/mol. The van der Waals surface area contributed by atoms with Gasteiger partial charge in [0.15, 0.2) is 0 Å². The second-order valence-electron chi connectivity index (χ2n) is 8.32. The summed E-state index contributed by atoms with van der Waals surface area (Å²) in [5.41, 5.74) is 5.10. The quantitative estimate of drug-likeness (QED) is 0.199. The third-order valence-electron chi connectivity index (χ3n) is 5.60. The summed E-state index contributed by atoms with van der Waals surface area (Å²) in [6.07, 6.45) is 0. The number of rotatable bonds is 4. The number of hydrogen-bond donors (Lipinski definition) is 0. The molecule has 38 heavy (non-hydrogen) atoms. The van der Waals surface area contributed by atoms with Gasteiger partial charge >= 0.3 is 0 Å². The Morgan fingerprint density at radius 3 is 0.632 bits per heavy atom. The van der Waals surface area contributed by atoms with E-state index in [1.54, 1.807) is 0 Å². The summed E-state index contributed by atoms with van der Waals surface area (Å²) in [6.45, 7) is 0. The van der Waals surface area contributed by atoms with Crippen molar-refractivity contribution in [2.75, 3.05) is 0 Å². The van der Waals surface area contributed by atoms with Gasteiger partial charge in [0.05, 0.1) is 0 Å². The Kier molecular flexibility index (Phi) is 12.6. The largest absolute Gasteiger partial charge is 0.147 e. The average Bonchev–Trinajstić information content (AvgIpc) is 3.01. The Bertz CT molecular complexity index is 1200. The van der Waals surface area contributed by atoms with Gasteiger partial charge in [-0.2, -0.15) is 0 Å². The van der Waals surface area contributed by atoms with Crippen LogP contribution >= 0.6 is 21.0 Å². The summed E-state index contributed by atoms with van der Waals surface area (Å²) in [6, 6.07) is 62.7. The van der Waals surface area contributed by atoms with Crippen molar-refractivity contribution in [3.05, 3.63) is 182 Å². The van der Waals surface area contributed by atoms with E-state index in [-0.39, 0.29) is 12.4 Å². The smallest absolute Gasteiger partial charge is 0.0184 e. The van der Waals surface area contributed by atoms with E-state index in [9.17, 15) is 0 Å². The molecule has 0 bridgehead atoms. The fraction of sp³-hybridized carbons (Fsp3) is 0. The van der Waals surface area contributed by atoms with Crippen molar-refractivity contribution in [1.82, 2.24) is 0 Å². The molecule has 0 nitrogen and oxygen atoms in total. The van der Waals surface area contributed by atoms with Crippen molar-refractivity contribution in [3.8, 4) is 22.3 Å². The molecule has 0 radical (unpaired) electrons. The first-order valence-electron chi connectivity index (χ1n) is 12.5. The van der Waals surface area contributed by atoms with Crippen molar-refractivity contribution in [2.45, 2.75) is 0 Å². The molecule has 0 amide bonds. The molecule has 0 aliphatic carbocycles. The van der Waals surface area contributed by atoms with Crippen molar-refractivity contribution in [1.29, 1.82) is 0 Å². The fourth-order valence-corrected chi connectivity index (χ4v) is 4.78. The fourth-order valence-electron chi connectivity index (χ4n) is 3.73. The van der Waals surface area contributed by atoms with E-state index in [0.717, 1.165) is 8.58 Å². The van der Waals surface area contributed by atoms with Crippen LogP contribution in [-0.4, -0.2) is 0 Å². The Balaban J connectivity index is 0.000000156. The molecule has 0 spiro atoms. The van der Waals surface area contributed by atoms with Crippen LogP contribution in [0.5, 0.6) is 0 Å². The minimum atomic E-state index is 0. The first-order valence-corrected chi connectivity index (χ1v) is 13.5.